The summed E-state index contributed by atoms with van der Waals surface area (Å²) in [5.74, 6) is 0.780. The molecule has 2 N–H and O–H groups in total. The van der Waals surface area contributed by atoms with Crippen molar-refractivity contribution in [1.29, 1.82) is 0 Å². The van der Waals surface area contributed by atoms with Crippen molar-refractivity contribution >= 4 is 0 Å². The normalized spacial score (nSPS) is 32.4. The van der Waals surface area contributed by atoms with E-state index < -0.39 is 0 Å². The summed E-state index contributed by atoms with van der Waals surface area (Å²) in [6, 6.07) is 1.35. The van der Waals surface area contributed by atoms with E-state index in [1.807, 2.05) is 0 Å². The molecule has 2 aliphatic carbocycles. The van der Waals surface area contributed by atoms with Crippen molar-refractivity contribution < 1.29 is 0 Å². The maximum atomic E-state index is 6.18. The monoisotopic (exact) mass is 224 g/mol. The van der Waals surface area contributed by atoms with Crippen molar-refractivity contribution in [1.82, 2.24) is 4.90 Å². The number of hydrogen-bond donors (Lipinski definition) is 1. The quantitative estimate of drug-likeness (QED) is 0.795. The molecule has 0 saturated heterocycles. The SMILES string of the molecule is CCN(CC1CCCC1N)C1CCCCC1. The Morgan fingerprint density at radius 3 is 2.31 bits per heavy atom. The van der Waals surface area contributed by atoms with Crippen molar-refractivity contribution in [2.75, 3.05) is 13.1 Å². The van der Waals surface area contributed by atoms with Gasteiger partial charge in [-0.2, -0.15) is 0 Å². The average molecular weight is 224 g/mol. The average Bonchev–Trinajstić information content (AvgIpc) is 2.73. The summed E-state index contributed by atoms with van der Waals surface area (Å²) < 4.78 is 0. The molecule has 2 nitrogen and oxygen atoms in total. The second-order valence-electron chi connectivity index (χ2n) is 5.73. The lowest BCUT2D eigenvalue weighted by molar-refractivity contribution is 0.137. The van der Waals surface area contributed by atoms with Gasteiger partial charge in [-0.05, 0) is 38.1 Å². The zero-order chi connectivity index (χ0) is 11.4. The fraction of sp³-hybridized carbons (Fsp3) is 1.00. The van der Waals surface area contributed by atoms with E-state index in [0.29, 0.717) is 6.04 Å². The molecule has 94 valence electrons. The van der Waals surface area contributed by atoms with Crippen LogP contribution in [0.4, 0.5) is 0 Å². The van der Waals surface area contributed by atoms with Crippen molar-refractivity contribution in [2.45, 2.75) is 70.4 Å². The minimum atomic E-state index is 0.484. The Kier molecular flexibility index (Phi) is 4.66. The van der Waals surface area contributed by atoms with E-state index in [1.54, 1.807) is 0 Å². The van der Waals surface area contributed by atoms with E-state index in [9.17, 15) is 0 Å². The molecule has 2 rings (SSSR count). The van der Waals surface area contributed by atoms with Crippen LogP contribution in [0.2, 0.25) is 0 Å². The summed E-state index contributed by atoms with van der Waals surface area (Å²) >= 11 is 0. The molecule has 0 heterocycles. The molecule has 0 amide bonds. The number of nitrogens with two attached hydrogens (primary N) is 1. The molecule has 0 aromatic rings. The fourth-order valence-corrected chi connectivity index (χ4v) is 3.58. The third-order valence-corrected chi connectivity index (χ3v) is 4.68. The number of hydrogen-bond acceptors (Lipinski definition) is 2. The maximum Gasteiger partial charge on any atom is 0.00952 e. The summed E-state index contributed by atoms with van der Waals surface area (Å²) in [5, 5.41) is 0. The summed E-state index contributed by atoms with van der Waals surface area (Å²) in [6.45, 7) is 4.80. The van der Waals surface area contributed by atoms with Crippen LogP contribution in [0.5, 0.6) is 0 Å². The van der Waals surface area contributed by atoms with Crippen LogP contribution in [-0.2, 0) is 0 Å². The van der Waals surface area contributed by atoms with Crippen molar-refractivity contribution in [2.24, 2.45) is 11.7 Å². The van der Waals surface area contributed by atoms with Crippen LogP contribution in [0.1, 0.15) is 58.3 Å². The number of rotatable bonds is 4. The molecule has 2 atom stereocenters. The Morgan fingerprint density at radius 1 is 1.00 bits per heavy atom. The molecular formula is C14H28N2. The highest BCUT2D eigenvalue weighted by atomic mass is 15.2. The maximum absolute atomic E-state index is 6.18. The molecule has 2 saturated carbocycles. The Labute approximate surface area is 101 Å². The van der Waals surface area contributed by atoms with Gasteiger partial charge in [-0.15, -0.1) is 0 Å². The first-order chi connectivity index (χ1) is 7.81. The van der Waals surface area contributed by atoms with E-state index >= 15 is 0 Å². The molecule has 0 radical (unpaired) electrons. The van der Waals surface area contributed by atoms with Gasteiger partial charge in [-0.1, -0.05) is 32.6 Å². The molecule has 0 bridgehead atoms. The van der Waals surface area contributed by atoms with Gasteiger partial charge in [-0.3, -0.25) is 0 Å². The van der Waals surface area contributed by atoms with Gasteiger partial charge in [0.15, 0.2) is 0 Å². The van der Waals surface area contributed by atoms with Gasteiger partial charge in [-0.25, -0.2) is 0 Å². The Bertz CT molecular complexity index is 199. The molecule has 16 heavy (non-hydrogen) atoms. The minimum Gasteiger partial charge on any atom is -0.327 e. The van der Waals surface area contributed by atoms with Gasteiger partial charge >= 0.3 is 0 Å². The summed E-state index contributed by atoms with van der Waals surface area (Å²) in [5.41, 5.74) is 6.18. The van der Waals surface area contributed by atoms with E-state index in [-0.39, 0.29) is 0 Å². The molecule has 2 unspecified atom stereocenters. The summed E-state index contributed by atoms with van der Waals surface area (Å²) in [6.07, 6.45) is 11.2. The van der Waals surface area contributed by atoms with Crippen LogP contribution < -0.4 is 5.73 Å². The Morgan fingerprint density at radius 2 is 1.75 bits per heavy atom. The molecule has 0 spiro atoms. The van der Waals surface area contributed by atoms with E-state index in [0.717, 1.165) is 12.0 Å². The molecule has 0 aromatic carbocycles. The van der Waals surface area contributed by atoms with E-state index in [1.165, 1.54) is 64.5 Å². The van der Waals surface area contributed by atoms with Gasteiger partial charge in [0.05, 0.1) is 0 Å². The predicted octanol–water partition coefficient (Wildman–Crippen LogP) is 2.77. The third kappa shape index (κ3) is 2.98. The lowest BCUT2D eigenvalue weighted by Crippen LogP contribution is -2.42. The minimum absolute atomic E-state index is 0.484. The molecule has 2 heteroatoms. The zero-order valence-electron chi connectivity index (χ0n) is 10.8. The Balaban J connectivity index is 1.83. The molecule has 2 aliphatic rings. The molecular weight excluding hydrogens is 196 g/mol. The third-order valence-electron chi connectivity index (χ3n) is 4.68. The highest BCUT2D eigenvalue weighted by Crippen LogP contribution is 2.28. The van der Waals surface area contributed by atoms with Crippen LogP contribution in [0.15, 0.2) is 0 Å². The largest absolute Gasteiger partial charge is 0.327 e. The first-order valence-electron chi connectivity index (χ1n) is 7.31. The first-order valence-corrected chi connectivity index (χ1v) is 7.31. The van der Waals surface area contributed by atoms with Crippen molar-refractivity contribution in [3.8, 4) is 0 Å². The Hall–Kier alpha value is -0.0800. The van der Waals surface area contributed by atoms with Crippen LogP contribution in [-0.4, -0.2) is 30.1 Å². The van der Waals surface area contributed by atoms with Gasteiger partial charge in [0.1, 0.15) is 0 Å². The summed E-state index contributed by atoms with van der Waals surface area (Å²) in [7, 11) is 0. The predicted molar refractivity (Wildman–Crippen MR) is 69.4 cm³/mol. The smallest absolute Gasteiger partial charge is 0.00952 e. The number of nitrogens with zero attached hydrogens (tertiary/aromatic N) is 1. The van der Waals surface area contributed by atoms with Gasteiger partial charge in [0.25, 0.3) is 0 Å². The van der Waals surface area contributed by atoms with Gasteiger partial charge in [0.2, 0.25) is 0 Å². The van der Waals surface area contributed by atoms with Crippen LogP contribution in [0, 0.1) is 5.92 Å². The van der Waals surface area contributed by atoms with Crippen molar-refractivity contribution in [3.05, 3.63) is 0 Å². The fourth-order valence-electron chi connectivity index (χ4n) is 3.58. The lowest BCUT2D eigenvalue weighted by atomic mass is 9.93. The molecule has 2 fully saturated rings. The standard InChI is InChI=1S/C14H28N2/c1-2-16(13-8-4-3-5-9-13)11-12-7-6-10-14(12)15/h12-14H,2-11,15H2,1H3. The van der Waals surface area contributed by atoms with E-state index in [4.69, 9.17) is 5.73 Å². The second-order valence-corrected chi connectivity index (χ2v) is 5.73. The molecule has 0 aromatic heterocycles. The topological polar surface area (TPSA) is 29.3 Å². The van der Waals surface area contributed by atoms with E-state index in [2.05, 4.69) is 11.8 Å². The summed E-state index contributed by atoms with van der Waals surface area (Å²) in [4.78, 5) is 2.72. The van der Waals surface area contributed by atoms with Gasteiger partial charge < -0.3 is 10.6 Å². The van der Waals surface area contributed by atoms with Crippen molar-refractivity contribution in [3.63, 3.8) is 0 Å². The highest BCUT2D eigenvalue weighted by Gasteiger charge is 2.28. The van der Waals surface area contributed by atoms with Crippen LogP contribution >= 0.6 is 0 Å². The zero-order valence-corrected chi connectivity index (χ0v) is 10.8. The lowest BCUT2D eigenvalue weighted by Gasteiger charge is -2.36. The van der Waals surface area contributed by atoms with Crippen LogP contribution in [0.3, 0.4) is 0 Å². The highest BCUT2D eigenvalue weighted by molar-refractivity contribution is 4.85. The van der Waals surface area contributed by atoms with Crippen LogP contribution in [0.25, 0.3) is 0 Å². The first kappa shape index (κ1) is 12.4. The van der Waals surface area contributed by atoms with Gasteiger partial charge in [0, 0.05) is 18.6 Å². The molecule has 0 aliphatic heterocycles. The second kappa shape index (κ2) is 6.02.